The minimum Gasteiger partial charge on any atom is -0.481 e. The Hall–Kier alpha value is -2.76. The normalized spacial score (nSPS) is 10.2. The minimum absolute atomic E-state index is 0.0745. The average Bonchev–Trinajstić information content (AvgIpc) is 2.52. The van der Waals surface area contributed by atoms with E-state index < -0.39 is 5.97 Å². The van der Waals surface area contributed by atoms with Gasteiger partial charge in [-0.3, -0.25) is 9.59 Å². The maximum Gasteiger partial charge on any atom is 0.303 e. The number of nitrogens with one attached hydrogen (secondary N) is 1. The van der Waals surface area contributed by atoms with Crippen LogP contribution in [0.5, 0.6) is 0 Å². The number of benzene rings is 1. The number of carboxylic acid groups (broad SMARTS) is 1. The fraction of sp³-hybridized carbons (Fsp3) is 0.250. The van der Waals surface area contributed by atoms with Gasteiger partial charge in [0.15, 0.2) is 0 Å². The molecule has 2 N–H and O–H groups in total. The van der Waals surface area contributed by atoms with Crippen molar-refractivity contribution in [3.05, 3.63) is 54.1 Å². The maximum atomic E-state index is 11.9. The van der Waals surface area contributed by atoms with Crippen LogP contribution in [-0.4, -0.2) is 27.0 Å². The zero-order valence-corrected chi connectivity index (χ0v) is 12.0. The van der Waals surface area contributed by atoms with E-state index in [-0.39, 0.29) is 12.3 Å². The molecule has 0 atom stereocenters. The van der Waals surface area contributed by atoms with Crippen molar-refractivity contribution >= 4 is 17.6 Å². The lowest BCUT2D eigenvalue weighted by Crippen LogP contribution is -2.13. The van der Waals surface area contributed by atoms with E-state index in [0.717, 1.165) is 11.3 Å². The van der Waals surface area contributed by atoms with Crippen LogP contribution in [0.3, 0.4) is 0 Å². The molecule has 22 heavy (non-hydrogen) atoms. The van der Waals surface area contributed by atoms with Gasteiger partial charge >= 0.3 is 5.97 Å². The number of nitrogens with zero attached hydrogens (tertiary/aromatic N) is 2. The fourth-order valence-electron chi connectivity index (χ4n) is 1.99. The van der Waals surface area contributed by atoms with E-state index in [0.29, 0.717) is 24.9 Å². The van der Waals surface area contributed by atoms with E-state index in [2.05, 4.69) is 15.3 Å². The third-order valence-corrected chi connectivity index (χ3v) is 3.09. The summed E-state index contributed by atoms with van der Waals surface area (Å²) in [5, 5.41) is 11.5. The van der Waals surface area contributed by atoms with Crippen LogP contribution >= 0.6 is 0 Å². The Bertz CT molecular complexity index is 644. The zero-order valence-electron chi connectivity index (χ0n) is 12.0. The van der Waals surface area contributed by atoms with Crippen molar-refractivity contribution in [1.29, 1.82) is 0 Å². The molecule has 0 aliphatic rings. The minimum atomic E-state index is -0.834. The molecule has 0 unspecified atom stereocenters. The van der Waals surface area contributed by atoms with Crippen molar-refractivity contribution in [2.45, 2.75) is 25.7 Å². The highest BCUT2D eigenvalue weighted by atomic mass is 16.4. The number of hydrogen-bond acceptors (Lipinski definition) is 4. The lowest BCUT2D eigenvalue weighted by atomic mass is 10.1. The summed E-state index contributed by atoms with van der Waals surface area (Å²) < 4.78 is 0. The van der Waals surface area contributed by atoms with Gasteiger partial charge in [-0.15, -0.1) is 0 Å². The zero-order chi connectivity index (χ0) is 15.8. The van der Waals surface area contributed by atoms with Crippen LogP contribution in [-0.2, 0) is 22.4 Å². The average molecular weight is 299 g/mol. The van der Waals surface area contributed by atoms with Gasteiger partial charge in [0.1, 0.15) is 6.33 Å². The van der Waals surface area contributed by atoms with Crippen LogP contribution in [0.25, 0.3) is 0 Å². The molecular formula is C16H17N3O3. The monoisotopic (exact) mass is 299 g/mol. The summed E-state index contributed by atoms with van der Waals surface area (Å²) in [5.74, 6) is -0.937. The number of carboxylic acids is 1. The van der Waals surface area contributed by atoms with Crippen LogP contribution < -0.4 is 5.32 Å². The van der Waals surface area contributed by atoms with E-state index >= 15 is 0 Å². The molecule has 114 valence electrons. The summed E-state index contributed by atoms with van der Waals surface area (Å²) in [7, 11) is 0. The highest BCUT2D eigenvalue weighted by Gasteiger charge is 2.05. The predicted molar refractivity (Wildman–Crippen MR) is 81.4 cm³/mol. The smallest absolute Gasteiger partial charge is 0.303 e. The Balaban J connectivity index is 1.85. The van der Waals surface area contributed by atoms with Gasteiger partial charge in [0.2, 0.25) is 5.91 Å². The summed E-state index contributed by atoms with van der Waals surface area (Å²) in [6.07, 6.45) is 4.50. The first-order valence-corrected chi connectivity index (χ1v) is 6.99. The quantitative estimate of drug-likeness (QED) is 0.816. The molecule has 0 fully saturated rings. The van der Waals surface area contributed by atoms with Gasteiger partial charge < -0.3 is 10.4 Å². The van der Waals surface area contributed by atoms with Crippen LogP contribution in [0.2, 0.25) is 0 Å². The van der Waals surface area contributed by atoms with Crippen molar-refractivity contribution in [2.75, 3.05) is 5.32 Å². The van der Waals surface area contributed by atoms with Crippen LogP contribution in [0.15, 0.2) is 42.9 Å². The Morgan fingerprint density at radius 3 is 2.73 bits per heavy atom. The second-order valence-electron chi connectivity index (χ2n) is 4.84. The van der Waals surface area contributed by atoms with Crippen molar-refractivity contribution in [2.24, 2.45) is 0 Å². The van der Waals surface area contributed by atoms with Gasteiger partial charge in [0, 0.05) is 30.4 Å². The Morgan fingerprint density at radius 2 is 2.00 bits per heavy atom. The highest BCUT2D eigenvalue weighted by Crippen LogP contribution is 2.13. The third-order valence-electron chi connectivity index (χ3n) is 3.09. The molecule has 0 bridgehead atoms. The summed E-state index contributed by atoms with van der Waals surface area (Å²) in [4.78, 5) is 30.4. The molecule has 0 spiro atoms. The number of aryl methyl sites for hydroxylation is 2. The first kappa shape index (κ1) is 15.6. The number of carbonyl (C=O) groups is 2. The van der Waals surface area contributed by atoms with Crippen molar-refractivity contribution in [1.82, 2.24) is 9.97 Å². The lowest BCUT2D eigenvalue weighted by molar-refractivity contribution is -0.137. The van der Waals surface area contributed by atoms with Crippen LogP contribution in [0.1, 0.15) is 24.1 Å². The van der Waals surface area contributed by atoms with Gasteiger partial charge in [-0.25, -0.2) is 9.97 Å². The van der Waals surface area contributed by atoms with Gasteiger partial charge in [-0.1, -0.05) is 12.1 Å². The van der Waals surface area contributed by atoms with Gasteiger partial charge in [-0.05, 0) is 36.6 Å². The molecule has 1 aromatic heterocycles. The maximum absolute atomic E-state index is 11.9. The number of aliphatic carboxylic acids is 1. The summed E-state index contributed by atoms with van der Waals surface area (Å²) in [6, 6.07) is 9.01. The number of rotatable bonds is 7. The summed E-state index contributed by atoms with van der Waals surface area (Å²) >= 11 is 0. The number of carbonyl (C=O) groups excluding carboxylic acids is 1. The molecule has 0 radical (unpaired) electrons. The van der Waals surface area contributed by atoms with Gasteiger partial charge in [0.25, 0.3) is 0 Å². The molecule has 0 aliphatic carbocycles. The Kier molecular flexibility index (Phi) is 5.59. The SMILES string of the molecule is O=C(O)CCc1cccc(NC(=O)CCc2ccncn2)c1. The molecular weight excluding hydrogens is 282 g/mol. The first-order valence-electron chi connectivity index (χ1n) is 6.99. The highest BCUT2D eigenvalue weighted by molar-refractivity contribution is 5.90. The fourth-order valence-corrected chi connectivity index (χ4v) is 1.99. The molecule has 6 nitrogen and oxygen atoms in total. The third kappa shape index (κ3) is 5.32. The van der Waals surface area contributed by atoms with Gasteiger partial charge in [-0.2, -0.15) is 0 Å². The predicted octanol–water partition coefficient (Wildman–Crippen LogP) is 2.07. The summed E-state index contributed by atoms with van der Waals surface area (Å²) in [6.45, 7) is 0. The van der Waals surface area contributed by atoms with Crippen LogP contribution in [0, 0.1) is 0 Å². The van der Waals surface area contributed by atoms with Crippen molar-refractivity contribution < 1.29 is 14.7 Å². The molecule has 1 aromatic carbocycles. The molecule has 0 saturated carbocycles. The molecule has 2 rings (SSSR count). The molecule has 0 saturated heterocycles. The standard InChI is InChI=1S/C16H17N3O3/c20-15(6-5-13-8-9-17-11-18-13)19-14-3-1-2-12(10-14)4-7-16(21)22/h1-3,8-11H,4-7H2,(H,19,20)(H,21,22). The van der Waals surface area contributed by atoms with Gasteiger partial charge in [0.05, 0.1) is 0 Å². The van der Waals surface area contributed by atoms with E-state index in [9.17, 15) is 9.59 Å². The van der Waals surface area contributed by atoms with E-state index in [1.165, 1.54) is 6.33 Å². The van der Waals surface area contributed by atoms with E-state index in [1.807, 2.05) is 6.07 Å². The van der Waals surface area contributed by atoms with E-state index in [1.54, 1.807) is 30.5 Å². The second kappa shape index (κ2) is 7.87. The number of aromatic nitrogens is 2. The van der Waals surface area contributed by atoms with Crippen LogP contribution in [0.4, 0.5) is 5.69 Å². The summed E-state index contributed by atoms with van der Waals surface area (Å²) in [5.41, 5.74) is 2.38. The molecule has 6 heteroatoms. The molecule has 1 heterocycles. The number of amides is 1. The van der Waals surface area contributed by atoms with Crippen molar-refractivity contribution in [3.8, 4) is 0 Å². The van der Waals surface area contributed by atoms with Crippen molar-refractivity contribution in [3.63, 3.8) is 0 Å². The number of anilines is 1. The first-order chi connectivity index (χ1) is 10.6. The topological polar surface area (TPSA) is 92.2 Å². The Morgan fingerprint density at radius 1 is 1.14 bits per heavy atom. The second-order valence-corrected chi connectivity index (χ2v) is 4.84. The van der Waals surface area contributed by atoms with E-state index in [4.69, 9.17) is 5.11 Å². The molecule has 1 amide bonds. The largest absolute Gasteiger partial charge is 0.481 e. The molecule has 2 aromatic rings. The lowest BCUT2D eigenvalue weighted by Gasteiger charge is -2.07. The Labute approximate surface area is 128 Å². The number of hydrogen-bond donors (Lipinski definition) is 2. The molecule has 0 aliphatic heterocycles.